The summed E-state index contributed by atoms with van der Waals surface area (Å²) < 4.78 is 12.9. The van der Waals surface area contributed by atoms with Crippen molar-refractivity contribution in [1.29, 1.82) is 0 Å². The van der Waals surface area contributed by atoms with Gasteiger partial charge in [0.25, 0.3) is 5.91 Å². The SMILES string of the molecule is Cc1nc(C(=O)Nc2ccc(F)cc2)cc(N2CCN(C=O)CC2)n1. The Hall–Kier alpha value is -3.03. The molecule has 7 nitrogen and oxygen atoms in total. The van der Waals surface area contributed by atoms with Crippen LogP contribution in [0.3, 0.4) is 0 Å². The van der Waals surface area contributed by atoms with Crippen LogP contribution in [0.1, 0.15) is 16.3 Å². The van der Waals surface area contributed by atoms with Crippen molar-refractivity contribution in [2.45, 2.75) is 6.92 Å². The van der Waals surface area contributed by atoms with E-state index in [1.54, 1.807) is 17.9 Å². The van der Waals surface area contributed by atoms with Crippen LogP contribution in [-0.2, 0) is 4.79 Å². The van der Waals surface area contributed by atoms with Crippen LogP contribution in [0.4, 0.5) is 15.9 Å². The molecule has 1 aliphatic heterocycles. The number of aromatic nitrogens is 2. The fraction of sp³-hybridized carbons (Fsp3) is 0.294. The summed E-state index contributed by atoms with van der Waals surface area (Å²) in [5.74, 6) is 0.388. The van der Waals surface area contributed by atoms with E-state index in [2.05, 4.69) is 15.3 Å². The lowest BCUT2D eigenvalue weighted by Crippen LogP contribution is -2.46. The molecule has 0 saturated carbocycles. The Morgan fingerprint density at radius 3 is 2.48 bits per heavy atom. The van der Waals surface area contributed by atoms with Crippen LogP contribution >= 0.6 is 0 Å². The van der Waals surface area contributed by atoms with Gasteiger partial charge in [-0.25, -0.2) is 14.4 Å². The molecule has 1 N–H and O–H groups in total. The van der Waals surface area contributed by atoms with E-state index >= 15 is 0 Å². The summed E-state index contributed by atoms with van der Waals surface area (Å²) in [6.45, 7) is 4.25. The third-order valence-electron chi connectivity index (χ3n) is 3.95. The summed E-state index contributed by atoms with van der Waals surface area (Å²) in [6, 6.07) is 7.15. The van der Waals surface area contributed by atoms with Crippen LogP contribution in [0.25, 0.3) is 0 Å². The average Bonchev–Trinajstić information content (AvgIpc) is 2.63. The fourth-order valence-corrected chi connectivity index (χ4v) is 2.62. The molecule has 8 heteroatoms. The Morgan fingerprint density at radius 1 is 1.16 bits per heavy atom. The summed E-state index contributed by atoms with van der Waals surface area (Å²) in [6.07, 6.45) is 0.837. The molecule has 0 bridgehead atoms. The van der Waals surface area contributed by atoms with Crippen LogP contribution < -0.4 is 10.2 Å². The zero-order valence-corrected chi connectivity index (χ0v) is 13.8. The predicted octanol–water partition coefficient (Wildman–Crippen LogP) is 1.45. The number of halogens is 1. The van der Waals surface area contributed by atoms with Crippen LogP contribution in [0, 0.1) is 12.7 Å². The zero-order chi connectivity index (χ0) is 17.8. The van der Waals surface area contributed by atoms with Crippen molar-refractivity contribution >= 4 is 23.8 Å². The van der Waals surface area contributed by atoms with E-state index in [0.717, 1.165) is 6.41 Å². The molecule has 1 aliphatic rings. The van der Waals surface area contributed by atoms with Gasteiger partial charge in [-0.05, 0) is 31.2 Å². The molecular weight excluding hydrogens is 325 g/mol. The topological polar surface area (TPSA) is 78.4 Å². The number of carbonyl (C=O) groups is 2. The summed E-state index contributed by atoms with van der Waals surface area (Å²) in [7, 11) is 0. The summed E-state index contributed by atoms with van der Waals surface area (Å²) in [5, 5.41) is 2.69. The van der Waals surface area contributed by atoms with E-state index < -0.39 is 0 Å². The molecule has 1 aromatic carbocycles. The molecule has 0 spiro atoms. The van der Waals surface area contributed by atoms with Gasteiger partial charge in [0.2, 0.25) is 6.41 Å². The summed E-state index contributed by atoms with van der Waals surface area (Å²) in [5.41, 5.74) is 0.730. The number of aryl methyl sites for hydroxylation is 1. The molecule has 25 heavy (non-hydrogen) atoms. The molecule has 1 saturated heterocycles. The molecule has 2 aromatic rings. The standard InChI is InChI=1S/C17H18FN5O2/c1-12-19-15(17(25)21-14-4-2-13(18)3-5-14)10-16(20-12)23-8-6-22(11-24)7-9-23/h2-5,10-11H,6-9H2,1H3,(H,21,25). The van der Waals surface area contributed by atoms with Gasteiger partial charge in [0.15, 0.2) is 0 Å². The van der Waals surface area contributed by atoms with E-state index in [1.807, 2.05) is 4.90 Å². The number of carbonyl (C=O) groups excluding carboxylic acids is 2. The van der Waals surface area contributed by atoms with Crippen molar-refractivity contribution in [3.63, 3.8) is 0 Å². The second-order valence-corrected chi connectivity index (χ2v) is 5.75. The van der Waals surface area contributed by atoms with Gasteiger partial charge in [-0.2, -0.15) is 0 Å². The van der Waals surface area contributed by atoms with Gasteiger partial charge in [0.05, 0.1) is 0 Å². The van der Waals surface area contributed by atoms with Gasteiger partial charge in [-0.15, -0.1) is 0 Å². The minimum absolute atomic E-state index is 0.240. The monoisotopic (exact) mass is 343 g/mol. The maximum Gasteiger partial charge on any atom is 0.274 e. The van der Waals surface area contributed by atoms with Crippen molar-refractivity contribution in [3.05, 3.63) is 47.7 Å². The third-order valence-corrected chi connectivity index (χ3v) is 3.95. The molecule has 1 aromatic heterocycles. The number of hydrogen-bond acceptors (Lipinski definition) is 5. The normalized spacial score (nSPS) is 14.3. The van der Waals surface area contributed by atoms with Crippen molar-refractivity contribution in [3.8, 4) is 0 Å². The van der Waals surface area contributed by atoms with Crippen LogP contribution in [-0.4, -0.2) is 53.4 Å². The second kappa shape index (κ2) is 7.25. The Balaban J connectivity index is 1.75. The Kier molecular flexibility index (Phi) is 4.87. The molecule has 3 rings (SSSR count). The molecule has 0 unspecified atom stereocenters. The molecule has 2 amide bonds. The molecule has 1 fully saturated rings. The largest absolute Gasteiger partial charge is 0.353 e. The van der Waals surface area contributed by atoms with Gasteiger partial charge in [-0.1, -0.05) is 0 Å². The Bertz CT molecular complexity index is 773. The van der Waals surface area contributed by atoms with Crippen molar-refractivity contribution in [1.82, 2.24) is 14.9 Å². The van der Waals surface area contributed by atoms with E-state index in [-0.39, 0.29) is 17.4 Å². The average molecular weight is 343 g/mol. The van der Waals surface area contributed by atoms with E-state index in [4.69, 9.17) is 0 Å². The van der Waals surface area contributed by atoms with Crippen LogP contribution in [0.2, 0.25) is 0 Å². The molecule has 0 radical (unpaired) electrons. The van der Waals surface area contributed by atoms with E-state index in [1.165, 1.54) is 24.3 Å². The lowest BCUT2D eigenvalue weighted by atomic mass is 10.2. The first-order valence-electron chi connectivity index (χ1n) is 7.92. The first kappa shape index (κ1) is 16.8. The summed E-state index contributed by atoms with van der Waals surface area (Å²) in [4.78, 5) is 35.5. The maximum absolute atomic E-state index is 12.9. The van der Waals surface area contributed by atoms with Gasteiger partial charge in [-0.3, -0.25) is 9.59 Å². The lowest BCUT2D eigenvalue weighted by Gasteiger charge is -2.33. The molecule has 2 heterocycles. The molecule has 0 aliphatic carbocycles. The second-order valence-electron chi connectivity index (χ2n) is 5.75. The predicted molar refractivity (Wildman–Crippen MR) is 91.0 cm³/mol. The highest BCUT2D eigenvalue weighted by Gasteiger charge is 2.19. The number of nitrogens with zero attached hydrogens (tertiary/aromatic N) is 4. The third kappa shape index (κ3) is 4.09. The molecule has 0 atom stereocenters. The minimum Gasteiger partial charge on any atom is -0.353 e. The highest BCUT2D eigenvalue weighted by molar-refractivity contribution is 6.03. The van der Waals surface area contributed by atoms with E-state index in [0.29, 0.717) is 43.5 Å². The smallest absolute Gasteiger partial charge is 0.274 e. The number of hydrogen-bond donors (Lipinski definition) is 1. The van der Waals surface area contributed by atoms with Crippen LogP contribution in [0.15, 0.2) is 30.3 Å². The van der Waals surface area contributed by atoms with E-state index in [9.17, 15) is 14.0 Å². The first-order chi connectivity index (χ1) is 12.0. The molecule has 130 valence electrons. The lowest BCUT2D eigenvalue weighted by molar-refractivity contribution is -0.118. The quantitative estimate of drug-likeness (QED) is 0.850. The fourth-order valence-electron chi connectivity index (χ4n) is 2.62. The molecular formula is C17H18FN5O2. The minimum atomic E-state index is -0.384. The number of piperazine rings is 1. The Morgan fingerprint density at radius 2 is 1.84 bits per heavy atom. The number of nitrogens with one attached hydrogen (secondary N) is 1. The Labute approximate surface area is 144 Å². The van der Waals surface area contributed by atoms with Gasteiger partial charge in [0, 0.05) is 37.9 Å². The number of anilines is 2. The van der Waals surface area contributed by atoms with Crippen molar-refractivity contribution in [2.75, 3.05) is 36.4 Å². The highest BCUT2D eigenvalue weighted by atomic mass is 19.1. The zero-order valence-electron chi connectivity index (χ0n) is 13.8. The van der Waals surface area contributed by atoms with Crippen molar-refractivity contribution < 1.29 is 14.0 Å². The van der Waals surface area contributed by atoms with Crippen LogP contribution in [0.5, 0.6) is 0 Å². The maximum atomic E-state index is 12.9. The number of amides is 2. The van der Waals surface area contributed by atoms with Crippen molar-refractivity contribution in [2.24, 2.45) is 0 Å². The number of benzene rings is 1. The van der Waals surface area contributed by atoms with Gasteiger partial charge < -0.3 is 15.1 Å². The summed E-state index contributed by atoms with van der Waals surface area (Å²) >= 11 is 0. The van der Waals surface area contributed by atoms with Gasteiger partial charge >= 0.3 is 0 Å². The first-order valence-corrected chi connectivity index (χ1v) is 7.92. The highest BCUT2D eigenvalue weighted by Crippen LogP contribution is 2.16. The van der Waals surface area contributed by atoms with Gasteiger partial charge in [0.1, 0.15) is 23.2 Å². The number of rotatable bonds is 4.